The predicted molar refractivity (Wildman–Crippen MR) is 79.3 cm³/mol. The third-order valence-electron chi connectivity index (χ3n) is 3.40. The summed E-state index contributed by atoms with van der Waals surface area (Å²) in [4.78, 5) is 25.3. The van der Waals surface area contributed by atoms with Crippen molar-refractivity contribution in [3.05, 3.63) is 23.8 Å². The molecule has 0 aromatic heterocycles. The fourth-order valence-electron chi connectivity index (χ4n) is 2.17. The lowest BCUT2D eigenvalue weighted by Gasteiger charge is -2.26. The lowest BCUT2D eigenvalue weighted by Crippen LogP contribution is -2.45. The SMILES string of the molecule is COc1ccc(C(=O)NCCN2CCOCC2=O)cc1OC. The van der Waals surface area contributed by atoms with E-state index >= 15 is 0 Å². The Hall–Kier alpha value is -2.28. The molecule has 0 unspecified atom stereocenters. The van der Waals surface area contributed by atoms with Crippen LogP contribution in [-0.2, 0) is 9.53 Å². The number of nitrogens with one attached hydrogen (secondary N) is 1. The van der Waals surface area contributed by atoms with Gasteiger partial charge in [-0.1, -0.05) is 0 Å². The molecule has 1 aromatic rings. The molecule has 1 fully saturated rings. The Morgan fingerprint density at radius 2 is 2.09 bits per heavy atom. The van der Waals surface area contributed by atoms with E-state index in [1.165, 1.54) is 14.2 Å². The Balaban J connectivity index is 1.88. The van der Waals surface area contributed by atoms with Crippen molar-refractivity contribution in [3.63, 3.8) is 0 Å². The van der Waals surface area contributed by atoms with Gasteiger partial charge in [-0.2, -0.15) is 0 Å². The molecule has 7 heteroatoms. The van der Waals surface area contributed by atoms with Gasteiger partial charge in [0.2, 0.25) is 5.91 Å². The maximum absolute atomic E-state index is 12.1. The lowest BCUT2D eigenvalue weighted by molar-refractivity contribution is -0.142. The van der Waals surface area contributed by atoms with Crippen molar-refractivity contribution in [3.8, 4) is 11.5 Å². The third kappa shape index (κ3) is 3.88. The van der Waals surface area contributed by atoms with Gasteiger partial charge in [0.25, 0.3) is 5.91 Å². The van der Waals surface area contributed by atoms with Gasteiger partial charge >= 0.3 is 0 Å². The van der Waals surface area contributed by atoms with Gasteiger partial charge in [0.15, 0.2) is 11.5 Å². The van der Waals surface area contributed by atoms with Crippen molar-refractivity contribution >= 4 is 11.8 Å². The molecule has 2 amide bonds. The third-order valence-corrected chi connectivity index (χ3v) is 3.40. The summed E-state index contributed by atoms with van der Waals surface area (Å²) in [5.41, 5.74) is 0.478. The Labute approximate surface area is 129 Å². The smallest absolute Gasteiger partial charge is 0.251 e. The van der Waals surface area contributed by atoms with Crippen LogP contribution in [0.2, 0.25) is 0 Å². The number of carbonyl (C=O) groups is 2. The van der Waals surface area contributed by atoms with E-state index in [2.05, 4.69) is 5.32 Å². The average molecular weight is 308 g/mol. The zero-order valence-corrected chi connectivity index (χ0v) is 12.8. The van der Waals surface area contributed by atoms with Crippen LogP contribution in [0.1, 0.15) is 10.4 Å². The minimum atomic E-state index is -0.221. The first-order valence-electron chi connectivity index (χ1n) is 7.01. The Morgan fingerprint density at radius 3 is 2.77 bits per heavy atom. The first kappa shape index (κ1) is 16.1. The highest BCUT2D eigenvalue weighted by Gasteiger charge is 2.18. The van der Waals surface area contributed by atoms with E-state index in [0.717, 1.165) is 0 Å². The number of ether oxygens (including phenoxy) is 3. The highest BCUT2D eigenvalue weighted by atomic mass is 16.5. The molecule has 0 saturated carbocycles. The molecular weight excluding hydrogens is 288 g/mol. The minimum Gasteiger partial charge on any atom is -0.493 e. The predicted octanol–water partition coefficient (Wildman–Crippen LogP) is 0.292. The highest BCUT2D eigenvalue weighted by molar-refractivity contribution is 5.94. The van der Waals surface area contributed by atoms with Gasteiger partial charge in [-0.25, -0.2) is 0 Å². The molecule has 22 heavy (non-hydrogen) atoms. The molecule has 1 saturated heterocycles. The number of hydrogen-bond donors (Lipinski definition) is 1. The number of rotatable bonds is 6. The Kier molecular flexibility index (Phi) is 5.60. The summed E-state index contributed by atoms with van der Waals surface area (Å²) < 4.78 is 15.4. The standard InChI is InChI=1S/C15H20N2O5/c1-20-12-4-3-11(9-13(12)21-2)15(19)16-5-6-17-7-8-22-10-14(17)18/h3-4,9H,5-8,10H2,1-2H3,(H,16,19). The minimum absolute atomic E-state index is 0.0494. The molecule has 7 nitrogen and oxygen atoms in total. The van der Waals surface area contributed by atoms with E-state index in [4.69, 9.17) is 14.2 Å². The van der Waals surface area contributed by atoms with Crippen LogP contribution in [-0.4, -0.2) is 63.8 Å². The van der Waals surface area contributed by atoms with Crippen molar-refractivity contribution in [2.24, 2.45) is 0 Å². The molecule has 0 atom stereocenters. The molecule has 2 rings (SSSR count). The molecule has 120 valence electrons. The van der Waals surface area contributed by atoms with Crippen LogP contribution >= 0.6 is 0 Å². The zero-order valence-electron chi connectivity index (χ0n) is 12.8. The molecule has 1 aliphatic heterocycles. The highest BCUT2D eigenvalue weighted by Crippen LogP contribution is 2.27. The van der Waals surface area contributed by atoms with Crippen LogP contribution in [0.25, 0.3) is 0 Å². The van der Waals surface area contributed by atoms with E-state index in [1.807, 2.05) is 0 Å². The summed E-state index contributed by atoms with van der Waals surface area (Å²) in [7, 11) is 3.06. The molecule has 1 N–H and O–H groups in total. The summed E-state index contributed by atoms with van der Waals surface area (Å²) >= 11 is 0. The Bertz CT molecular complexity index is 547. The van der Waals surface area contributed by atoms with E-state index in [9.17, 15) is 9.59 Å². The number of hydrogen-bond acceptors (Lipinski definition) is 5. The number of methoxy groups -OCH3 is 2. The number of carbonyl (C=O) groups excluding carboxylic acids is 2. The van der Waals surface area contributed by atoms with E-state index < -0.39 is 0 Å². The summed E-state index contributed by atoms with van der Waals surface area (Å²) in [6.45, 7) is 2.07. The van der Waals surface area contributed by atoms with Crippen molar-refractivity contribution in [2.45, 2.75) is 0 Å². The van der Waals surface area contributed by atoms with E-state index in [0.29, 0.717) is 43.3 Å². The van der Waals surface area contributed by atoms with Crippen LogP contribution in [0.15, 0.2) is 18.2 Å². The summed E-state index contributed by atoms with van der Waals surface area (Å²) in [6, 6.07) is 4.96. The second-order valence-electron chi connectivity index (χ2n) is 4.76. The fourth-order valence-corrected chi connectivity index (χ4v) is 2.17. The molecule has 0 aliphatic carbocycles. The van der Waals surface area contributed by atoms with Crippen molar-refractivity contribution in [1.82, 2.24) is 10.2 Å². The molecule has 0 bridgehead atoms. The molecule has 1 aliphatic rings. The maximum Gasteiger partial charge on any atom is 0.251 e. The average Bonchev–Trinajstić information content (AvgIpc) is 2.55. The lowest BCUT2D eigenvalue weighted by atomic mass is 10.2. The van der Waals surface area contributed by atoms with Crippen molar-refractivity contribution in [2.75, 3.05) is 47.1 Å². The van der Waals surface area contributed by atoms with Gasteiger partial charge < -0.3 is 24.4 Å². The number of nitrogens with zero attached hydrogens (tertiary/aromatic N) is 1. The van der Waals surface area contributed by atoms with Gasteiger partial charge in [0.05, 0.1) is 20.8 Å². The number of morpholine rings is 1. The van der Waals surface area contributed by atoms with Crippen LogP contribution < -0.4 is 14.8 Å². The van der Waals surface area contributed by atoms with Crippen LogP contribution in [0.5, 0.6) is 11.5 Å². The number of benzene rings is 1. The normalized spacial score (nSPS) is 14.6. The molecule has 0 spiro atoms. The van der Waals surface area contributed by atoms with Gasteiger partial charge in [-0.15, -0.1) is 0 Å². The first-order chi connectivity index (χ1) is 10.7. The van der Waals surface area contributed by atoms with E-state index in [1.54, 1.807) is 23.1 Å². The topological polar surface area (TPSA) is 77.1 Å². The van der Waals surface area contributed by atoms with Crippen LogP contribution in [0.4, 0.5) is 0 Å². The van der Waals surface area contributed by atoms with E-state index in [-0.39, 0.29) is 18.4 Å². The van der Waals surface area contributed by atoms with Gasteiger partial charge in [0, 0.05) is 25.2 Å². The molecular formula is C15H20N2O5. The van der Waals surface area contributed by atoms with Gasteiger partial charge in [-0.05, 0) is 18.2 Å². The summed E-state index contributed by atoms with van der Waals surface area (Å²) in [5.74, 6) is 0.796. The molecule has 1 aromatic carbocycles. The number of amides is 2. The summed E-state index contributed by atoms with van der Waals surface area (Å²) in [5, 5.41) is 2.79. The van der Waals surface area contributed by atoms with Gasteiger partial charge in [-0.3, -0.25) is 9.59 Å². The largest absolute Gasteiger partial charge is 0.493 e. The summed E-state index contributed by atoms with van der Waals surface area (Å²) in [6.07, 6.45) is 0. The van der Waals surface area contributed by atoms with Crippen molar-refractivity contribution in [1.29, 1.82) is 0 Å². The van der Waals surface area contributed by atoms with Crippen LogP contribution in [0.3, 0.4) is 0 Å². The second-order valence-corrected chi connectivity index (χ2v) is 4.76. The van der Waals surface area contributed by atoms with Gasteiger partial charge in [0.1, 0.15) is 6.61 Å². The second kappa shape index (κ2) is 7.65. The first-order valence-corrected chi connectivity index (χ1v) is 7.01. The monoisotopic (exact) mass is 308 g/mol. The maximum atomic E-state index is 12.1. The molecule has 0 radical (unpaired) electrons. The van der Waals surface area contributed by atoms with Crippen LogP contribution in [0, 0.1) is 0 Å². The zero-order chi connectivity index (χ0) is 15.9. The molecule has 1 heterocycles. The quantitative estimate of drug-likeness (QED) is 0.817. The Morgan fingerprint density at radius 1 is 1.32 bits per heavy atom. The fraction of sp³-hybridized carbons (Fsp3) is 0.467. The van der Waals surface area contributed by atoms with Crippen molar-refractivity contribution < 1.29 is 23.8 Å².